The summed E-state index contributed by atoms with van der Waals surface area (Å²) < 4.78 is 19.2. The Labute approximate surface area is 172 Å². The maximum absolute atomic E-state index is 6.18. The molecule has 3 aromatic heterocycles. The number of ether oxygens (including phenoxy) is 2. The maximum atomic E-state index is 6.18. The van der Waals surface area contributed by atoms with Gasteiger partial charge in [-0.05, 0) is 43.9 Å². The lowest BCUT2D eigenvalue weighted by molar-refractivity contribution is 0.149. The van der Waals surface area contributed by atoms with Crippen molar-refractivity contribution in [3.05, 3.63) is 36.8 Å². The van der Waals surface area contributed by atoms with Crippen LogP contribution in [0.15, 0.2) is 41.2 Å². The van der Waals surface area contributed by atoms with E-state index < -0.39 is 0 Å². The Balaban J connectivity index is 1.45. The monoisotopic (exact) mass is 406 g/mol. The van der Waals surface area contributed by atoms with Crippen LogP contribution in [0.2, 0.25) is 0 Å². The van der Waals surface area contributed by atoms with E-state index >= 15 is 0 Å². The molecule has 4 aromatic rings. The lowest BCUT2D eigenvalue weighted by Gasteiger charge is -2.24. The number of hydrogen-bond acceptors (Lipinski definition) is 8. The molecule has 2 N–H and O–H groups in total. The molecule has 1 aliphatic carbocycles. The number of methoxy groups -OCH3 is 1. The van der Waals surface area contributed by atoms with Crippen LogP contribution in [0.3, 0.4) is 0 Å². The van der Waals surface area contributed by atoms with Gasteiger partial charge < -0.3 is 19.6 Å². The van der Waals surface area contributed by atoms with Crippen LogP contribution in [0, 0.1) is 0 Å². The van der Waals surface area contributed by atoms with E-state index in [1.54, 1.807) is 30.2 Å². The van der Waals surface area contributed by atoms with Crippen molar-refractivity contribution in [1.82, 2.24) is 24.6 Å². The normalized spacial score (nSPS) is 14.8. The molecule has 30 heavy (non-hydrogen) atoms. The van der Waals surface area contributed by atoms with Crippen LogP contribution in [-0.2, 0) is 0 Å². The number of hydrogen-bond donors (Lipinski definition) is 1. The molecule has 1 fully saturated rings. The molecule has 3 heterocycles. The number of anilines is 1. The third-order valence-corrected chi connectivity index (χ3v) is 5.31. The SMILES string of the molecule is COc1cc(-c2nn3c(-c4cnc(N)nc4)cnc3o2)ccc1OC1CCCCC1. The van der Waals surface area contributed by atoms with Gasteiger partial charge in [-0.1, -0.05) is 6.42 Å². The molecule has 5 rings (SSSR count). The van der Waals surface area contributed by atoms with Crippen molar-refractivity contribution in [2.75, 3.05) is 12.8 Å². The number of fused-ring (bicyclic) bond motifs is 1. The summed E-state index contributed by atoms with van der Waals surface area (Å²) in [6, 6.07) is 5.69. The fraction of sp³-hybridized carbons (Fsp3) is 0.333. The summed E-state index contributed by atoms with van der Waals surface area (Å²) in [5, 5.41) is 4.57. The average Bonchev–Trinajstić information content (AvgIpc) is 3.36. The van der Waals surface area contributed by atoms with E-state index in [2.05, 4.69) is 20.1 Å². The summed E-state index contributed by atoms with van der Waals surface area (Å²) in [5.74, 6) is 2.41. The van der Waals surface area contributed by atoms with E-state index in [4.69, 9.17) is 19.6 Å². The topological polar surface area (TPSA) is 114 Å². The molecule has 0 atom stereocenters. The van der Waals surface area contributed by atoms with Crippen LogP contribution < -0.4 is 15.2 Å². The zero-order chi connectivity index (χ0) is 20.5. The van der Waals surface area contributed by atoms with Gasteiger partial charge in [0.05, 0.1) is 25.1 Å². The molecule has 1 aromatic carbocycles. The summed E-state index contributed by atoms with van der Waals surface area (Å²) in [6.45, 7) is 0. The van der Waals surface area contributed by atoms with Gasteiger partial charge in [0, 0.05) is 23.5 Å². The van der Waals surface area contributed by atoms with Gasteiger partial charge in [-0.15, -0.1) is 5.10 Å². The molecular formula is C21H22N6O3. The van der Waals surface area contributed by atoms with Gasteiger partial charge in [0.15, 0.2) is 11.5 Å². The Bertz CT molecular complexity index is 1160. The highest BCUT2D eigenvalue weighted by atomic mass is 16.5. The van der Waals surface area contributed by atoms with E-state index in [1.807, 2.05) is 18.2 Å². The zero-order valence-electron chi connectivity index (χ0n) is 16.6. The van der Waals surface area contributed by atoms with Crippen LogP contribution in [0.25, 0.3) is 28.6 Å². The first-order chi connectivity index (χ1) is 14.7. The first kappa shape index (κ1) is 18.4. The lowest BCUT2D eigenvalue weighted by Crippen LogP contribution is -2.19. The highest BCUT2D eigenvalue weighted by Gasteiger charge is 2.19. The zero-order valence-corrected chi connectivity index (χ0v) is 16.6. The standard InChI is InChI=1S/C21H22N6O3/c1-28-18-9-13(7-8-17(18)29-15-5-3-2-4-6-15)19-26-27-16(12-25-21(27)30-19)14-10-23-20(22)24-11-14/h7-12,15H,2-6H2,1H3,(H2,22,23,24). The van der Waals surface area contributed by atoms with Gasteiger partial charge in [-0.3, -0.25) is 0 Å². The Morgan fingerprint density at radius 3 is 2.57 bits per heavy atom. The quantitative estimate of drug-likeness (QED) is 0.533. The molecule has 0 bridgehead atoms. The Hall–Kier alpha value is -3.62. The molecule has 9 heteroatoms. The van der Waals surface area contributed by atoms with Crippen molar-refractivity contribution in [1.29, 1.82) is 0 Å². The van der Waals surface area contributed by atoms with Gasteiger partial charge in [0.2, 0.25) is 11.8 Å². The molecule has 1 saturated carbocycles. The minimum atomic E-state index is 0.211. The van der Waals surface area contributed by atoms with Crippen molar-refractivity contribution in [2.24, 2.45) is 0 Å². The van der Waals surface area contributed by atoms with Gasteiger partial charge in [-0.2, -0.15) is 4.52 Å². The van der Waals surface area contributed by atoms with Crippen molar-refractivity contribution in [2.45, 2.75) is 38.2 Å². The molecule has 0 saturated heterocycles. The Morgan fingerprint density at radius 2 is 1.80 bits per heavy atom. The average molecular weight is 406 g/mol. The predicted octanol–water partition coefficient (Wildman–Crippen LogP) is 3.75. The van der Waals surface area contributed by atoms with Gasteiger partial charge >= 0.3 is 5.84 Å². The fourth-order valence-electron chi connectivity index (χ4n) is 3.74. The minimum Gasteiger partial charge on any atom is -0.493 e. The van der Waals surface area contributed by atoms with Gasteiger partial charge in [0.25, 0.3) is 0 Å². The van der Waals surface area contributed by atoms with E-state index in [0.717, 1.165) is 29.7 Å². The number of nitrogens with zero attached hydrogens (tertiary/aromatic N) is 5. The van der Waals surface area contributed by atoms with Crippen molar-refractivity contribution >= 4 is 11.8 Å². The van der Waals surface area contributed by atoms with Gasteiger partial charge in [0.1, 0.15) is 0 Å². The molecule has 0 spiro atoms. The fourth-order valence-corrected chi connectivity index (χ4v) is 3.74. The van der Waals surface area contributed by atoms with Crippen LogP contribution in [0.4, 0.5) is 5.95 Å². The van der Waals surface area contributed by atoms with Crippen molar-refractivity contribution in [3.8, 4) is 34.2 Å². The molecule has 0 aliphatic heterocycles. The summed E-state index contributed by atoms with van der Waals surface area (Å²) in [7, 11) is 1.63. The number of aromatic nitrogens is 5. The summed E-state index contributed by atoms with van der Waals surface area (Å²) >= 11 is 0. The van der Waals surface area contributed by atoms with E-state index in [0.29, 0.717) is 23.2 Å². The Kier molecular flexibility index (Phi) is 4.70. The third kappa shape index (κ3) is 3.42. The van der Waals surface area contributed by atoms with Gasteiger partial charge in [-0.25, -0.2) is 15.0 Å². The largest absolute Gasteiger partial charge is 0.493 e. The molecule has 9 nitrogen and oxygen atoms in total. The summed E-state index contributed by atoms with van der Waals surface area (Å²) in [5.41, 5.74) is 7.79. The first-order valence-corrected chi connectivity index (χ1v) is 9.99. The minimum absolute atomic E-state index is 0.211. The van der Waals surface area contributed by atoms with E-state index in [9.17, 15) is 0 Å². The second kappa shape index (κ2) is 7.66. The number of rotatable bonds is 5. The van der Waals surface area contributed by atoms with Crippen molar-refractivity contribution in [3.63, 3.8) is 0 Å². The first-order valence-electron chi connectivity index (χ1n) is 9.99. The second-order valence-corrected chi connectivity index (χ2v) is 7.32. The number of benzene rings is 1. The molecule has 0 radical (unpaired) electrons. The van der Waals surface area contributed by atoms with E-state index in [1.165, 1.54) is 19.3 Å². The lowest BCUT2D eigenvalue weighted by atomic mass is 9.98. The Morgan fingerprint density at radius 1 is 1.00 bits per heavy atom. The number of imidazole rings is 1. The van der Waals surface area contributed by atoms with Crippen LogP contribution in [0.1, 0.15) is 32.1 Å². The number of nitrogens with two attached hydrogens (primary N) is 1. The number of nitrogen functional groups attached to an aromatic ring is 1. The molecule has 0 unspecified atom stereocenters. The van der Waals surface area contributed by atoms with Crippen LogP contribution >= 0.6 is 0 Å². The molecule has 1 aliphatic rings. The highest BCUT2D eigenvalue weighted by molar-refractivity contribution is 5.63. The van der Waals surface area contributed by atoms with Crippen LogP contribution in [-0.4, -0.2) is 37.8 Å². The third-order valence-electron chi connectivity index (χ3n) is 5.31. The van der Waals surface area contributed by atoms with Crippen LogP contribution in [0.5, 0.6) is 11.5 Å². The highest BCUT2D eigenvalue weighted by Crippen LogP contribution is 2.35. The molecule has 154 valence electrons. The van der Waals surface area contributed by atoms with Crippen molar-refractivity contribution < 1.29 is 13.9 Å². The summed E-state index contributed by atoms with van der Waals surface area (Å²) in [4.78, 5) is 12.3. The molecular weight excluding hydrogens is 384 g/mol. The maximum Gasteiger partial charge on any atom is 0.325 e. The summed E-state index contributed by atoms with van der Waals surface area (Å²) in [6.07, 6.45) is 11.0. The van der Waals surface area contributed by atoms with E-state index in [-0.39, 0.29) is 12.1 Å². The second-order valence-electron chi connectivity index (χ2n) is 7.32. The smallest absolute Gasteiger partial charge is 0.325 e. The predicted molar refractivity (Wildman–Crippen MR) is 110 cm³/mol. The molecule has 0 amide bonds.